The third-order valence-corrected chi connectivity index (χ3v) is 6.49. The second kappa shape index (κ2) is 8.97. The average molecular weight is 447 g/mol. The van der Waals surface area contributed by atoms with Gasteiger partial charge in [-0.05, 0) is 49.1 Å². The van der Waals surface area contributed by atoms with E-state index in [1.54, 1.807) is 11.3 Å². The monoisotopic (exact) mass is 446 g/mol. The number of para-hydroxylation sites is 1. The lowest BCUT2D eigenvalue weighted by Gasteiger charge is -2.31. The molecule has 30 heavy (non-hydrogen) atoms. The highest BCUT2D eigenvalue weighted by Gasteiger charge is 2.23. The molecule has 0 saturated carbocycles. The minimum Gasteiger partial charge on any atom is -0.348 e. The van der Waals surface area contributed by atoms with Crippen LogP contribution in [0.15, 0.2) is 42.5 Å². The van der Waals surface area contributed by atoms with Crippen LogP contribution in [0, 0.1) is 11.7 Å². The first-order valence-corrected chi connectivity index (χ1v) is 10.8. The molecule has 0 aliphatic carbocycles. The number of benzene rings is 2. The molecule has 1 aromatic heterocycles. The molecule has 0 unspecified atom stereocenters. The van der Waals surface area contributed by atoms with E-state index < -0.39 is 17.6 Å². The van der Waals surface area contributed by atoms with Crippen molar-refractivity contribution in [2.75, 3.05) is 29.9 Å². The molecule has 2 aromatic carbocycles. The number of carbonyl (C=O) groups is 2. The number of hydrogen-bond donors (Lipinski definition) is 2. The summed E-state index contributed by atoms with van der Waals surface area (Å²) in [5.74, 6) is -1.81. The van der Waals surface area contributed by atoms with Crippen LogP contribution < -0.4 is 15.5 Å². The lowest BCUT2D eigenvalue weighted by Crippen LogP contribution is -2.41. The van der Waals surface area contributed by atoms with Crippen LogP contribution in [0.1, 0.15) is 12.8 Å². The predicted molar refractivity (Wildman–Crippen MR) is 118 cm³/mol. The van der Waals surface area contributed by atoms with Crippen molar-refractivity contribution in [3.8, 4) is 0 Å². The number of carbonyl (C=O) groups excluding carboxylic acids is 2. The molecule has 0 bridgehead atoms. The van der Waals surface area contributed by atoms with E-state index in [0.717, 1.165) is 42.6 Å². The van der Waals surface area contributed by atoms with E-state index in [9.17, 15) is 14.0 Å². The quantitative estimate of drug-likeness (QED) is 0.593. The molecule has 6 nitrogen and oxygen atoms in total. The van der Waals surface area contributed by atoms with Crippen LogP contribution in [-0.4, -0.2) is 36.4 Å². The molecule has 156 valence electrons. The Kier molecular flexibility index (Phi) is 6.15. The molecule has 1 fully saturated rings. The van der Waals surface area contributed by atoms with Gasteiger partial charge < -0.3 is 15.5 Å². The van der Waals surface area contributed by atoms with E-state index in [-0.39, 0.29) is 10.7 Å². The Morgan fingerprint density at radius 1 is 1.17 bits per heavy atom. The van der Waals surface area contributed by atoms with Crippen LogP contribution in [0.4, 0.5) is 15.2 Å². The Labute approximate surface area is 182 Å². The third kappa shape index (κ3) is 4.71. The second-order valence-corrected chi connectivity index (χ2v) is 8.60. The van der Waals surface area contributed by atoms with Crippen molar-refractivity contribution in [3.63, 3.8) is 0 Å². The van der Waals surface area contributed by atoms with E-state index in [2.05, 4.69) is 21.6 Å². The molecule has 4 rings (SSSR count). The fourth-order valence-corrected chi connectivity index (χ4v) is 4.60. The van der Waals surface area contributed by atoms with Crippen LogP contribution in [0.5, 0.6) is 0 Å². The molecule has 9 heteroatoms. The molecule has 0 spiro atoms. The summed E-state index contributed by atoms with van der Waals surface area (Å²) in [4.78, 5) is 31.1. The van der Waals surface area contributed by atoms with Gasteiger partial charge in [-0.15, -0.1) is 0 Å². The minimum absolute atomic E-state index is 0.118. The summed E-state index contributed by atoms with van der Waals surface area (Å²) in [5.41, 5.74) is 1.28. The summed E-state index contributed by atoms with van der Waals surface area (Å²) < 4.78 is 14.4. The zero-order valence-corrected chi connectivity index (χ0v) is 17.6. The molecule has 1 aliphatic heterocycles. The first-order chi connectivity index (χ1) is 14.5. The first kappa shape index (κ1) is 20.6. The van der Waals surface area contributed by atoms with Gasteiger partial charge in [-0.25, -0.2) is 9.37 Å². The number of halogens is 2. The molecule has 2 N–H and O–H groups in total. The Bertz CT molecular complexity index is 1050. The van der Waals surface area contributed by atoms with E-state index in [0.29, 0.717) is 12.5 Å². The summed E-state index contributed by atoms with van der Waals surface area (Å²) in [7, 11) is 0. The Hall–Kier alpha value is -2.71. The Morgan fingerprint density at radius 2 is 1.93 bits per heavy atom. The van der Waals surface area contributed by atoms with Crippen LogP contribution in [0.25, 0.3) is 10.2 Å². The predicted octanol–water partition coefficient (Wildman–Crippen LogP) is 4.06. The number of rotatable bonds is 4. The maximum absolute atomic E-state index is 13.2. The number of nitrogens with one attached hydrogen (secondary N) is 2. The number of thiazole rings is 1. The third-order valence-electron chi connectivity index (χ3n) is 5.10. The lowest BCUT2D eigenvalue weighted by molar-refractivity contribution is -0.136. The Balaban J connectivity index is 1.24. The number of nitrogens with zero attached hydrogens (tertiary/aromatic N) is 2. The van der Waals surface area contributed by atoms with Crippen molar-refractivity contribution in [1.82, 2.24) is 10.3 Å². The topological polar surface area (TPSA) is 74.3 Å². The molecule has 1 aliphatic rings. The fraction of sp³-hybridized carbons (Fsp3) is 0.286. The number of amides is 2. The van der Waals surface area contributed by atoms with Gasteiger partial charge in [0.25, 0.3) is 0 Å². The zero-order chi connectivity index (χ0) is 21.1. The highest BCUT2D eigenvalue weighted by atomic mass is 35.5. The zero-order valence-electron chi connectivity index (χ0n) is 16.0. The number of anilines is 2. The lowest BCUT2D eigenvalue weighted by atomic mass is 9.97. The number of aromatic nitrogens is 1. The molecule has 3 aromatic rings. The molecular weight excluding hydrogens is 427 g/mol. The second-order valence-electron chi connectivity index (χ2n) is 7.19. The van der Waals surface area contributed by atoms with Crippen molar-refractivity contribution in [3.05, 3.63) is 53.3 Å². The summed E-state index contributed by atoms with van der Waals surface area (Å²) in [6.07, 6.45) is 1.82. The van der Waals surface area contributed by atoms with Crippen molar-refractivity contribution >= 4 is 55.8 Å². The van der Waals surface area contributed by atoms with Gasteiger partial charge in [-0.2, -0.15) is 0 Å². The van der Waals surface area contributed by atoms with Crippen LogP contribution in [0.2, 0.25) is 5.02 Å². The number of fused-ring (bicyclic) bond motifs is 1. The molecule has 0 radical (unpaired) electrons. The van der Waals surface area contributed by atoms with Crippen molar-refractivity contribution in [2.24, 2.45) is 5.92 Å². The van der Waals surface area contributed by atoms with Gasteiger partial charge in [-0.3, -0.25) is 9.59 Å². The standard InChI is InChI=1S/C21H20ClFN4O2S/c22-15-11-14(5-6-16(15)23)25-20(29)19(28)24-12-13-7-9-27(10-8-13)21-26-17-3-1-2-4-18(17)30-21/h1-6,11,13H,7-10,12H2,(H,24,28)(H,25,29). The van der Waals surface area contributed by atoms with Gasteiger partial charge in [0.05, 0.1) is 15.2 Å². The summed E-state index contributed by atoms with van der Waals surface area (Å²) in [6.45, 7) is 2.16. The first-order valence-electron chi connectivity index (χ1n) is 9.64. The molecular formula is C21H20ClFN4O2S. The average Bonchev–Trinajstić information content (AvgIpc) is 3.19. The Morgan fingerprint density at radius 3 is 2.67 bits per heavy atom. The molecule has 0 atom stereocenters. The van der Waals surface area contributed by atoms with E-state index >= 15 is 0 Å². The van der Waals surface area contributed by atoms with Gasteiger partial charge in [0.1, 0.15) is 5.82 Å². The van der Waals surface area contributed by atoms with Gasteiger partial charge >= 0.3 is 11.8 Å². The summed E-state index contributed by atoms with van der Waals surface area (Å²) in [6, 6.07) is 11.8. The van der Waals surface area contributed by atoms with Gasteiger partial charge in [0, 0.05) is 25.3 Å². The van der Waals surface area contributed by atoms with E-state index in [1.807, 2.05) is 18.2 Å². The van der Waals surface area contributed by atoms with Crippen LogP contribution in [-0.2, 0) is 9.59 Å². The maximum atomic E-state index is 13.2. The van der Waals surface area contributed by atoms with Gasteiger partial charge in [0.2, 0.25) is 0 Å². The summed E-state index contributed by atoms with van der Waals surface area (Å²) in [5, 5.41) is 6.01. The fourth-order valence-electron chi connectivity index (χ4n) is 3.40. The molecule has 2 amide bonds. The number of hydrogen-bond acceptors (Lipinski definition) is 5. The maximum Gasteiger partial charge on any atom is 0.313 e. The number of piperidine rings is 1. The largest absolute Gasteiger partial charge is 0.348 e. The highest BCUT2D eigenvalue weighted by molar-refractivity contribution is 7.22. The SMILES string of the molecule is O=C(NCC1CCN(c2nc3ccccc3s2)CC1)C(=O)Nc1ccc(F)c(Cl)c1. The van der Waals surface area contributed by atoms with E-state index in [4.69, 9.17) is 16.6 Å². The van der Waals surface area contributed by atoms with Gasteiger partial charge in [-0.1, -0.05) is 35.1 Å². The smallest absolute Gasteiger partial charge is 0.313 e. The van der Waals surface area contributed by atoms with Crippen molar-refractivity contribution in [2.45, 2.75) is 12.8 Å². The molecule has 1 saturated heterocycles. The normalized spacial score (nSPS) is 14.7. The summed E-state index contributed by atoms with van der Waals surface area (Å²) >= 11 is 7.37. The van der Waals surface area contributed by atoms with Crippen molar-refractivity contribution < 1.29 is 14.0 Å². The van der Waals surface area contributed by atoms with E-state index in [1.165, 1.54) is 16.8 Å². The van der Waals surface area contributed by atoms with Crippen LogP contribution >= 0.6 is 22.9 Å². The minimum atomic E-state index is -0.801. The van der Waals surface area contributed by atoms with Crippen LogP contribution in [0.3, 0.4) is 0 Å². The van der Waals surface area contributed by atoms with Gasteiger partial charge in [0.15, 0.2) is 5.13 Å². The highest BCUT2D eigenvalue weighted by Crippen LogP contribution is 2.31. The molecule has 2 heterocycles. The van der Waals surface area contributed by atoms with Crippen molar-refractivity contribution in [1.29, 1.82) is 0 Å².